The van der Waals surface area contributed by atoms with Crippen LogP contribution in [0.5, 0.6) is 0 Å². The van der Waals surface area contributed by atoms with Crippen LogP contribution in [0.3, 0.4) is 0 Å². The van der Waals surface area contributed by atoms with Gasteiger partial charge in [0.15, 0.2) is 0 Å². The number of hydrogen-bond donors (Lipinski definition) is 1. The van der Waals surface area contributed by atoms with Crippen molar-refractivity contribution in [1.29, 1.82) is 0 Å². The average molecular weight is 505 g/mol. The number of nitrogens with zero attached hydrogens (tertiary/aromatic N) is 3. The number of methoxy groups -OCH3 is 1. The van der Waals surface area contributed by atoms with E-state index >= 15 is 0 Å². The molecule has 1 aromatic carbocycles. The zero-order valence-corrected chi connectivity index (χ0v) is 22.4. The predicted octanol–water partition coefficient (Wildman–Crippen LogP) is 5.66. The Labute approximate surface area is 220 Å². The maximum atomic E-state index is 14.1. The lowest BCUT2D eigenvalue weighted by atomic mass is 9.77. The number of fused-ring (bicyclic) bond motifs is 5. The first-order valence-corrected chi connectivity index (χ1v) is 14.1. The summed E-state index contributed by atoms with van der Waals surface area (Å²) in [7, 11) is 1.85. The van der Waals surface area contributed by atoms with Gasteiger partial charge >= 0.3 is 0 Å². The molecule has 2 aliphatic carbocycles. The van der Waals surface area contributed by atoms with Crippen molar-refractivity contribution in [3.63, 3.8) is 0 Å². The smallest absolute Gasteiger partial charge is 0.230 e. The molecule has 2 bridgehead atoms. The molecule has 2 saturated carbocycles. The van der Waals surface area contributed by atoms with Gasteiger partial charge in [0, 0.05) is 49.0 Å². The van der Waals surface area contributed by atoms with E-state index in [-0.39, 0.29) is 24.0 Å². The molecule has 37 heavy (non-hydrogen) atoms. The quantitative estimate of drug-likeness (QED) is 0.567. The molecule has 1 N–H and O–H groups in total. The molecule has 1 aromatic heterocycles. The molecule has 0 spiro atoms. The normalized spacial score (nSPS) is 28.9. The van der Waals surface area contributed by atoms with Crippen LogP contribution >= 0.6 is 0 Å². The second kappa shape index (κ2) is 10.3. The summed E-state index contributed by atoms with van der Waals surface area (Å²) in [5.41, 5.74) is 4.16. The van der Waals surface area contributed by atoms with Crippen molar-refractivity contribution >= 4 is 28.8 Å². The Morgan fingerprint density at radius 2 is 1.95 bits per heavy atom. The molecular formula is C30H40N4O3. The molecule has 4 fully saturated rings. The van der Waals surface area contributed by atoms with Crippen LogP contribution in [-0.4, -0.2) is 48.9 Å². The lowest BCUT2D eigenvalue weighted by molar-refractivity contribution is -0.124. The molecule has 7 heteroatoms. The van der Waals surface area contributed by atoms with Crippen LogP contribution in [0.15, 0.2) is 36.5 Å². The third kappa shape index (κ3) is 4.84. The molecule has 5 aliphatic rings. The summed E-state index contributed by atoms with van der Waals surface area (Å²) in [6, 6.07) is 11.1. The standard InChI is InChI=1S/C30H40N4O3/c1-19(2)37-25-11-7-20(8-12-25)30(35)34-18-22-5-4-14-31-29(22)32-26-13-10-23(15-27(26)34)33-17-21-6-9-24(33)16-28(21)36-3/h4-5,10,13-15,19-21,24-25,28H,6-9,11-12,16-18H2,1-3H3,(H,31,32)/t20-,21-,24-,25-,28?/m0/s1. The molecule has 7 nitrogen and oxygen atoms in total. The summed E-state index contributed by atoms with van der Waals surface area (Å²) in [5, 5.41) is 3.54. The highest BCUT2D eigenvalue weighted by atomic mass is 16.5. The number of carbonyl (C=O) groups excluding carboxylic acids is 1. The minimum Gasteiger partial charge on any atom is -0.381 e. The van der Waals surface area contributed by atoms with E-state index < -0.39 is 0 Å². The Morgan fingerprint density at radius 3 is 2.68 bits per heavy atom. The van der Waals surface area contributed by atoms with Crippen molar-refractivity contribution < 1.29 is 14.3 Å². The van der Waals surface area contributed by atoms with Gasteiger partial charge in [-0.1, -0.05) is 6.07 Å². The maximum Gasteiger partial charge on any atom is 0.230 e. The van der Waals surface area contributed by atoms with Crippen molar-refractivity contribution in [1.82, 2.24) is 4.98 Å². The van der Waals surface area contributed by atoms with Gasteiger partial charge < -0.3 is 24.6 Å². The third-order valence-electron chi connectivity index (χ3n) is 8.91. The van der Waals surface area contributed by atoms with Gasteiger partial charge in [0.2, 0.25) is 5.91 Å². The van der Waals surface area contributed by atoms with E-state index in [1.54, 1.807) is 0 Å². The Balaban J connectivity index is 1.29. The molecule has 2 saturated heterocycles. The van der Waals surface area contributed by atoms with Gasteiger partial charge in [-0.25, -0.2) is 4.98 Å². The van der Waals surface area contributed by atoms with E-state index in [1.165, 1.54) is 18.5 Å². The number of pyridine rings is 1. The number of carbonyl (C=O) groups is 1. The lowest BCUT2D eigenvalue weighted by Crippen LogP contribution is -2.54. The van der Waals surface area contributed by atoms with Gasteiger partial charge in [0.25, 0.3) is 0 Å². The van der Waals surface area contributed by atoms with Gasteiger partial charge in [0.1, 0.15) is 5.82 Å². The first-order valence-electron chi connectivity index (χ1n) is 14.1. The number of piperidine rings is 2. The Morgan fingerprint density at radius 1 is 1.11 bits per heavy atom. The highest BCUT2D eigenvalue weighted by molar-refractivity contribution is 6.00. The number of hydrogen-bond acceptors (Lipinski definition) is 6. The summed E-state index contributed by atoms with van der Waals surface area (Å²) >= 11 is 0. The number of nitrogens with one attached hydrogen (secondary N) is 1. The minimum atomic E-state index is 0.0233. The highest BCUT2D eigenvalue weighted by Crippen LogP contribution is 2.43. The summed E-state index contributed by atoms with van der Waals surface area (Å²) in [6.07, 6.45) is 9.85. The van der Waals surface area contributed by atoms with Gasteiger partial charge in [-0.15, -0.1) is 0 Å². The van der Waals surface area contributed by atoms with Crippen molar-refractivity contribution in [3.8, 4) is 0 Å². The number of aromatic nitrogens is 1. The SMILES string of the molecule is COC1C[C@@H]2CC[C@H]1CN2c1ccc2c(c1)N(C(=O)[C@H]1CC[C@H](OC(C)C)CC1)Cc1cccnc1N2. The molecule has 4 heterocycles. The van der Waals surface area contributed by atoms with Gasteiger partial charge in [0.05, 0.1) is 36.2 Å². The lowest BCUT2D eigenvalue weighted by Gasteiger charge is -2.50. The number of benzene rings is 1. The molecule has 1 unspecified atom stereocenters. The molecule has 1 amide bonds. The van der Waals surface area contributed by atoms with Crippen LogP contribution in [-0.2, 0) is 20.8 Å². The topological polar surface area (TPSA) is 66.9 Å². The van der Waals surface area contributed by atoms with Gasteiger partial charge in [-0.2, -0.15) is 0 Å². The molecule has 3 atom stereocenters. The Hall–Kier alpha value is -2.64. The average Bonchev–Trinajstić information content (AvgIpc) is 3.09. The van der Waals surface area contributed by atoms with Crippen LogP contribution in [0.25, 0.3) is 0 Å². The van der Waals surface area contributed by atoms with Crippen LogP contribution in [0.2, 0.25) is 0 Å². The maximum absolute atomic E-state index is 14.1. The molecular weight excluding hydrogens is 464 g/mol. The van der Waals surface area contributed by atoms with Crippen molar-refractivity contribution in [3.05, 3.63) is 42.1 Å². The second-order valence-electron chi connectivity index (χ2n) is 11.6. The molecule has 2 aromatic rings. The Kier molecular flexibility index (Phi) is 6.84. The largest absolute Gasteiger partial charge is 0.381 e. The number of anilines is 4. The van der Waals surface area contributed by atoms with Gasteiger partial charge in [-0.05, 0) is 83.1 Å². The number of amides is 1. The minimum absolute atomic E-state index is 0.0233. The second-order valence-corrected chi connectivity index (χ2v) is 11.6. The molecule has 198 valence electrons. The summed E-state index contributed by atoms with van der Waals surface area (Å²) in [6.45, 7) is 5.73. The van der Waals surface area contributed by atoms with Crippen molar-refractivity contribution in [2.75, 3.05) is 28.8 Å². The fourth-order valence-corrected chi connectivity index (χ4v) is 7.01. The number of rotatable bonds is 5. The molecule has 3 aliphatic heterocycles. The summed E-state index contributed by atoms with van der Waals surface area (Å²) in [4.78, 5) is 23.3. The van der Waals surface area contributed by atoms with Crippen molar-refractivity contribution in [2.45, 2.75) is 89.7 Å². The van der Waals surface area contributed by atoms with Crippen LogP contribution < -0.4 is 15.1 Å². The van der Waals surface area contributed by atoms with E-state index in [0.717, 1.165) is 61.4 Å². The van der Waals surface area contributed by atoms with E-state index in [9.17, 15) is 4.79 Å². The van der Waals surface area contributed by atoms with Crippen LogP contribution in [0, 0.1) is 11.8 Å². The Bertz CT molecular complexity index is 1130. The zero-order valence-electron chi connectivity index (χ0n) is 22.4. The fraction of sp³-hybridized carbons (Fsp3) is 0.600. The zero-order chi connectivity index (χ0) is 25.5. The molecule has 0 radical (unpaired) electrons. The van der Waals surface area contributed by atoms with Crippen LogP contribution in [0.4, 0.5) is 22.9 Å². The third-order valence-corrected chi connectivity index (χ3v) is 8.91. The van der Waals surface area contributed by atoms with E-state index in [2.05, 4.69) is 53.3 Å². The predicted molar refractivity (Wildman–Crippen MR) is 146 cm³/mol. The van der Waals surface area contributed by atoms with E-state index in [0.29, 0.717) is 24.6 Å². The van der Waals surface area contributed by atoms with E-state index in [1.807, 2.05) is 24.3 Å². The number of ether oxygens (including phenoxy) is 2. The van der Waals surface area contributed by atoms with Crippen molar-refractivity contribution in [2.24, 2.45) is 11.8 Å². The highest BCUT2D eigenvalue weighted by Gasteiger charge is 2.41. The summed E-state index contributed by atoms with van der Waals surface area (Å²) in [5.74, 6) is 1.65. The van der Waals surface area contributed by atoms with E-state index in [4.69, 9.17) is 9.47 Å². The first-order chi connectivity index (χ1) is 18.0. The first kappa shape index (κ1) is 24.7. The monoisotopic (exact) mass is 504 g/mol. The fourth-order valence-electron chi connectivity index (χ4n) is 7.01. The summed E-state index contributed by atoms with van der Waals surface area (Å²) < 4.78 is 11.8. The van der Waals surface area contributed by atoms with Crippen LogP contribution in [0.1, 0.15) is 64.4 Å². The molecule has 7 rings (SSSR count). The van der Waals surface area contributed by atoms with Gasteiger partial charge in [-0.3, -0.25) is 4.79 Å².